The monoisotopic (exact) mass is 321 g/mol. The lowest BCUT2D eigenvalue weighted by Gasteiger charge is -2.06. The molecule has 0 aliphatic heterocycles. The van der Waals surface area contributed by atoms with Crippen LogP contribution >= 0.6 is 22.9 Å². The van der Waals surface area contributed by atoms with Gasteiger partial charge in [0.1, 0.15) is 10.7 Å². The first-order valence-electron chi connectivity index (χ1n) is 5.94. The minimum atomic E-state index is -0.467. The molecule has 7 heteroatoms. The second-order valence-electron chi connectivity index (χ2n) is 4.29. The second kappa shape index (κ2) is 5.31. The number of aromatic nitrogens is 1. The summed E-state index contributed by atoms with van der Waals surface area (Å²) in [7, 11) is 0. The summed E-state index contributed by atoms with van der Waals surface area (Å²) in [5.41, 5.74) is 6.71. The van der Waals surface area contributed by atoms with Gasteiger partial charge in [0.25, 0.3) is 5.91 Å². The standard InChI is InChI=1S/C14H9ClFN3OS/c15-9-5-7(16)1-2-10(9)19-14(20)13-12(17)8-3-4-18-6-11(8)21-13/h1-6H,17H2,(H,19,20). The quantitative estimate of drug-likeness (QED) is 0.751. The number of nitrogens with two attached hydrogens (primary N) is 1. The number of halogens is 2. The third-order valence-corrected chi connectivity index (χ3v) is 4.38. The zero-order chi connectivity index (χ0) is 15.0. The number of rotatable bonds is 2. The number of hydrogen-bond acceptors (Lipinski definition) is 4. The molecule has 0 radical (unpaired) electrons. The van der Waals surface area contributed by atoms with Gasteiger partial charge in [0.05, 0.1) is 21.1 Å². The maximum Gasteiger partial charge on any atom is 0.267 e. The summed E-state index contributed by atoms with van der Waals surface area (Å²) < 4.78 is 13.8. The highest BCUT2D eigenvalue weighted by Crippen LogP contribution is 2.33. The molecule has 1 amide bonds. The molecule has 0 unspecified atom stereocenters. The number of benzene rings is 1. The highest BCUT2D eigenvalue weighted by atomic mass is 35.5. The van der Waals surface area contributed by atoms with Gasteiger partial charge in [0, 0.05) is 17.8 Å². The number of nitrogen functional groups attached to an aromatic ring is 1. The molecule has 0 fully saturated rings. The molecule has 2 aromatic heterocycles. The van der Waals surface area contributed by atoms with Gasteiger partial charge in [-0.25, -0.2) is 4.39 Å². The van der Waals surface area contributed by atoms with Crippen LogP contribution in [0.2, 0.25) is 5.02 Å². The van der Waals surface area contributed by atoms with Crippen molar-refractivity contribution in [1.29, 1.82) is 0 Å². The minimum absolute atomic E-state index is 0.129. The number of amides is 1. The van der Waals surface area contributed by atoms with Gasteiger partial charge in [0.15, 0.2) is 0 Å². The van der Waals surface area contributed by atoms with E-state index in [2.05, 4.69) is 10.3 Å². The van der Waals surface area contributed by atoms with E-state index in [1.165, 1.54) is 23.5 Å². The first kappa shape index (κ1) is 13.8. The van der Waals surface area contributed by atoms with E-state index >= 15 is 0 Å². The van der Waals surface area contributed by atoms with Crippen molar-refractivity contribution in [3.05, 3.63) is 52.4 Å². The molecule has 0 bridgehead atoms. The number of nitrogens with zero attached hydrogens (tertiary/aromatic N) is 1. The number of carbonyl (C=O) groups is 1. The number of anilines is 2. The van der Waals surface area contributed by atoms with E-state index in [0.29, 0.717) is 16.3 Å². The number of hydrogen-bond donors (Lipinski definition) is 2. The zero-order valence-electron chi connectivity index (χ0n) is 10.6. The van der Waals surface area contributed by atoms with Gasteiger partial charge >= 0.3 is 0 Å². The molecule has 3 aromatic rings. The lowest BCUT2D eigenvalue weighted by Crippen LogP contribution is -2.12. The van der Waals surface area contributed by atoms with Crippen molar-refractivity contribution >= 4 is 50.3 Å². The largest absolute Gasteiger partial charge is 0.397 e. The third-order valence-electron chi connectivity index (χ3n) is 2.92. The van der Waals surface area contributed by atoms with E-state index in [4.69, 9.17) is 17.3 Å². The van der Waals surface area contributed by atoms with Gasteiger partial charge in [-0.05, 0) is 24.3 Å². The Labute approximate surface area is 128 Å². The molecule has 21 heavy (non-hydrogen) atoms. The number of carbonyl (C=O) groups excluding carboxylic acids is 1. The SMILES string of the molecule is Nc1c(C(=O)Nc2ccc(F)cc2Cl)sc2cnccc12. The Morgan fingerprint density at radius 1 is 1.38 bits per heavy atom. The van der Waals surface area contributed by atoms with Crippen molar-refractivity contribution in [2.75, 3.05) is 11.1 Å². The lowest BCUT2D eigenvalue weighted by atomic mass is 10.2. The Kier molecular flexibility index (Phi) is 3.48. The van der Waals surface area contributed by atoms with Crippen molar-refractivity contribution in [3.63, 3.8) is 0 Å². The van der Waals surface area contributed by atoms with Gasteiger partial charge < -0.3 is 11.1 Å². The summed E-state index contributed by atoms with van der Waals surface area (Å²) >= 11 is 7.13. The predicted octanol–water partition coefficient (Wildman–Crippen LogP) is 3.92. The first-order chi connectivity index (χ1) is 10.1. The van der Waals surface area contributed by atoms with Crippen LogP contribution in [-0.4, -0.2) is 10.9 Å². The summed E-state index contributed by atoms with van der Waals surface area (Å²) in [6.07, 6.45) is 3.27. The van der Waals surface area contributed by atoms with Crippen LogP contribution in [0.5, 0.6) is 0 Å². The molecule has 106 valence electrons. The average Bonchev–Trinajstić information content (AvgIpc) is 2.80. The fourth-order valence-corrected chi connectivity index (χ4v) is 3.11. The minimum Gasteiger partial charge on any atom is -0.397 e. The lowest BCUT2D eigenvalue weighted by molar-refractivity contribution is 0.103. The topological polar surface area (TPSA) is 68.0 Å². The molecule has 0 atom stereocenters. The van der Waals surface area contributed by atoms with Gasteiger partial charge in [-0.1, -0.05) is 11.6 Å². The normalized spacial score (nSPS) is 10.8. The third kappa shape index (κ3) is 2.55. The van der Waals surface area contributed by atoms with Crippen molar-refractivity contribution < 1.29 is 9.18 Å². The number of pyridine rings is 1. The van der Waals surface area contributed by atoms with E-state index < -0.39 is 5.82 Å². The van der Waals surface area contributed by atoms with Gasteiger partial charge in [-0.15, -0.1) is 11.3 Å². The molecule has 0 aliphatic rings. The van der Waals surface area contributed by atoms with Crippen LogP contribution in [0, 0.1) is 5.82 Å². The van der Waals surface area contributed by atoms with Gasteiger partial charge in [-0.2, -0.15) is 0 Å². The molecule has 1 aromatic carbocycles. The van der Waals surface area contributed by atoms with Gasteiger partial charge in [0.2, 0.25) is 0 Å². The molecule has 0 aliphatic carbocycles. The molecule has 0 spiro atoms. The van der Waals surface area contributed by atoms with Crippen LogP contribution in [0.4, 0.5) is 15.8 Å². The van der Waals surface area contributed by atoms with Crippen LogP contribution in [0.3, 0.4) is 0 Å². The smallest absolute Gasteiger partial charge is 0.267 e. The van der Waals surface area contributed by atoms with Crippen molar-refractivity contribution in [3.8, 4) is 0 Å². The summed E-state index contributed by atoms with van der Waals surface area (Å²) in [6.45, 7) is 0. The van der Waals surface area contributed by atoms with Crippen molar-refractivity contribution in [2.24, 2.45) is 0 Å². The molecule has 2 heterocycles. The highest BCUT2D eigenvalue weighted by molar-refractivity contribution is 7.21. The molecule has 0 saturated heterocycles. The Balaban J connectivity index is 1.95. The zero-order valence-corrected chi connectivity index (χ0v) is 12.1. The molecule has 3 rings (SSSR count). The highest BCUT2D eigenvalue weighted by Gasteiger charge is 2.17. The fourth-order valence-electron chi connectivity index (χ4n) is 1.91. The Morgan fingerprint density at radius 3 is 2.90 bits per heavy atom. The fraction of sp³-hybridized carbons (Fsp3) is 0. The first-order valence-corrected chi connectivity index (χ1v) is 7.14. The molecule has 4 nitrogen and oxygen atoms in total. The second-order valence-corrected chi connectivity index (χ2v) is 5.75. The predicted molar refractivity (Wildman–Crippen MR) is 83.4 cm³/mol. The van der Waals surface area contributed by atoms with Crippen molar-refractivity contribution in [2.45, 2.75) is 0 Å². The Bertz CT molecular complexity index is 849. The Morgan fingerprint density at radius 2 is 2.19 bits per heavy atom. The van der Waals surface area contributed by atoms with E-state index in [1.54, 1.807) is 18.5 Å². The van der Waals surface area contributed by atoms with Crippen molar-refractivity contribution in [1.82, 2.24) is 4.98 Å². The van der Waals surface area contributed by atoms with E-state index in [0.717, 1.165) is 16.2 Å². The van der Waals surface area contributed by atoms with E-state index in [1.807, 2.05) is 0 Å². The number of fused-ring (bicyclic) bond motifs is 1. The number of thiophene rings is 1. The van der Waals surface area contributed by atoms with Crippen LogP contribution in [-0.2, 0) is 0 Å². The number of nitrogens with one attached hydrogen (secondary N) is 1. The van der Waals surface area contributed by atoms with Gasteiger partial charge in [-0.3, -0.25) is 9.78 Å². The maximum atomic E-state index is 13.0. The molecule has 3 N–H and O–H groups in total. The van der Waals surface area contributed by atoms with Crippen LogP contribution < -0.4 is 11.1 Å². The van der Waals surface area contributed by atoms with E-state index in [9.17, 15) is 9.18 Å². The summed E-state index contributed by atoms with van der Waals surface area (Å²) in [5, 5.41) is 3.54. The summed E-state index contributed by atoms with van der Waals surface area (Å²) in [5.74, 6) is -0.854. The molecular formula is C14H9ClFN3OS. The van der Waals surface area contributed by atoms with E-state index in [-0.39, 0.29) is 10.9 Å². The maximum absolute atomic E-state index is 13.0. The average molecular weight is 322 g/mol. The summed E-state index contributed by atoms with van der Waals surface area (Å²) in [6, 6.07) is 5.51. The van der Waals surface area contributed by atoms with Crippen LogP contribution in [0.15, 0.2) is 36.7 Å². The Hall–Kier alpha value is -2.18. The van der Waals surface area contributed by atoms with Crippen LogP contribution in [0.1, 0.15) is 9.67 Å². The molecular weight excluding hydrogens is 313 g/mol. The summed E-state index contributed by atoms with van der Waals surface area (Å²) in [4.78, 5) is 16.7. The van der Waals surface area contributed by atoms with Crippen LogP contribution in [0.25, 0.3) is 10.1 Å². The molecule has 0 saturated carbocycles.